The summed E-state index contributed by atoms with van der Waals surface area (Å²) in [6.45, 7) is 2.31. The topological polar surface area (TPSA) is 24.5 Å². The Morgan fingerprint density at radius 2 is 1.87 bits per heavy atom. The molecule has 1 aromatic rings. The second-order valence-corrected chi connectivity index (χ2v) is 4.68. The molecular weight excluding hydrogens is 208 g/mol. The van der Waals surface area contributed by atoms with Crippen molar-refractivity contribution < 1.29 is 4.84 Å². The predicted octanol–water partition coefficient (Wildman–Crippen LogP) is 2.21. The molecule has 1 saturated heterocycles. The second-order valence-electron chi connectivity index (χ2n) is 3.45. The Balaban J connectivity index is 2.02. The van der Waals surface area contributed by atoms with Crippen molar-refractivity contribution in [2.75, 3.05) is 42.1 Å². The number of hydrogen-bond donors (Lipinski definition) is 1. The zero-order valence-corrected chi connectivity index (χ0v) is 9.72. The summed E-state index contributed by atoms with van der Waals surface area (Å²) in [6, 6.07) is 8.36. The van der Waals surface area contributed by atoms with Gasteiger partial charge in [-0.05, 0) is 24.3 Å². The van der Waals surface area contributed by atoms with Gasteiger partial charge in [0.2, 0.25) is 0 Å². The van der Waals surface area contributed by atoms with Gasteiger partial charge in [0.25, 0.3) is 0 Å². The predicted molar refractivity (Wildman–Crippen MR) is 66.6 cm³/mol. The number of benzene rings is 1. The minimum absolute atomic E-state index is 0.993. The van der Waals surface area contributed by atoms with E-state index < -0.39 is 0 Å². The molecule has 4 heteroatoms. The van der Waals surface area contributed by atoms with Gasteiger partial charge in [-0.3, -0.25) is 10.3 Å². The molecule has 1 aliphatic heterocycles. The summed E-state index contributed by atoms with van der Waals surface area (Å²) in [5.41, 5.74) is 5.11. The highest BCUT2D eigenvalue weighted by Gasteiger charge is 2.10. The first kappa shape index (κ1) is 10.6. The Bertz CT molecular complexity index is 296. The van der Waals surface area contributed by atoms with Gasteiger partial charge < -0.3 is 4.90 Å². The maximum absolute atomic E-state index is 4.85. The number of anilines is 2. The van der Waals surface area contributed by atoms with Crippen LogP contribution in [-0.4, -0.2) is 31.7 Å². The average molecular weight is 224 g/mol. The molecule has 1 heterocycles. The van der Waals surface area contributed by atoms with Gasteiger partial charge in [-0.2, -0.15) is 11.8 Å². The van der Waals surface area contributed by atoms with E-state index in [0.717, 1.165) is 18.8 Å². The van der Waals surface area contributed by atoms with E-state index in [1.165, 1.54) is 17.2 Å². The van der Waals surface area contributed by atoms with Gasteiger partial charge in [-0.15, -0.1) is 0 Å². The van der Waals surface area contributed by atoms with Crippen LogP contribution in [0.3, 0.4) is 0 Å². The fourth-order valence-corrected chi connectivity index (χ4v) is 2.58. The molecule has 0 atom stereocenters. The van der Waals surface area contributed by atoms with Crippen molar-refractivity contribution in [1.29, 1.82) is 0 Å². The van der Waals surface area contributed by atoms with Gasteiger partial charge in [0.05, 0.1) is 12.8 Å². The highest BCUT2D eigenvalue weighted by atomic mass is 32.2. The average Bonchev–Trinajstić information content (AvgIpc) is 2.32. The third-order valence-corrected chi connectivity index (χ3v) is 3.41. The molecule has 0 aliphatic carbocycles. The van der Waals surface area contributed by atoms with Crippen LogP contribution in [0.4, 0.5) is 11.4 Å². The highest BCUT2D eigenvalue weighted by molar-refractivity contribution is 7.99. The summed E-state index contributed by atoms with van der Waals surface area (Å²) in [7, 11) is 1.62. The molecule has 0 amide bonds. The van der Waals surface area contributed by atoms with E-state index >= 15 is 0 Å². The van der Waals surface area contributed by atoms with Gasteiger partial charge in [-0.25, -0.2) is 0 Å². The van der Waals surface area contributed by atoms with Gasteiger partial charge in [0, 0.05) is 30.3 Å². The van der Waals surface area contributed by atoms with Crippen LogP contribution in [0, 0.1) is 0 Å². The van der Waals surface area contributed by atoms with Crippen molar-refractivity contribution in [1.82, 2.24) is 0 Å². The summed E-state index contributed by atoms with van der Waals surface area (Å²) in [5, 5.41) is 0. The molecule has 1 aliphatic rings. The fraction of sp³-hybridized carbons (Fsp3) is 0.455. The SMILES string of the molecule is CONc1ccc(N2CCSCC2)cc1. The lowest BCUT2D eigenvalue weighted by atomic mass is 10.2. The normalized spacial score (nSPS) is 16.5. The summed E-state index contributed by atoms with van der Waals surface area (Å²) < 4.78 is 0. The Kier molecular flexibility index (Phi) is 3.75. The third kappa shape index (κ3) is 2.79. The van der Waals surface area contributed by atoms with E-state index in [1.54, 1.807) is 7.11 Å². The highest BCUT2D eigenvalue weighted by Crippen LogP contribution is 2.21. The minimum Gasteiger partial charge on any atom is -0.370 e. The van der Waals surface area contributed by atoms with Crippen molar-refractivity contribution in [2.24, 2.45) is 0 Å². The Hall–Kier alpha value is -0.870. The zero-order chi connectivity index (χ0) is 10.5. The van der Waals surface area contributed by atoms with Crippen LogP contribution in [0.5, 0.6) is 0 Å². The molecule has 1 aromatic carbocycles. The van der Waals surface area contributed by atoms with Crippen molar-refractivity contribution >= 4 is 23.1 Å². The van der Waals surface area contributed by atoms with E-state index in [4.69, 9.17) is 4.84 Å². The molecule has 15 heavy (non-hydrogen) atoms. The first-order chi connectivity index (χ1) is 7.40. The summed E-state index contributed by atoms with van der Waals surface area (Å²) >= 11 is 2.03. The van der Waals surface area contributed by atoms with Crippen molar-refractivity contribution in [3.63, 3.8) is 0 Å². The third-order valence-electron chi connectivity index (χ3n) is 2.46. The fourth-order valence-electron chi connectivity index (χ4n) is 1.68. The molecule has 0 aromatic heterocycles. The van der Waals surface area contributed by atoms with E-state index in [9.17, 15) is 0 Å². The van der Waals surface area contributed by atoms with Gasteiger partial charge in [0.15, 0.2) is 0 Å². The number of nitrogens with zero attached hydrogens (tertiary/aromatic N) is 1. The van der Waals surface area contributed by atoms with Crippen LogP contribution in [0.2, 0.25) is 0 Å². The van der Waals surface area contributed by atoms with Crippen LogP contribution in [0.25, 0.3) is 0 Å². The van der Waals surface area contributed by atoms with E-state index in [2.05, 4.69) is 22.5 Å². The quantitative estimate of drug-likeness (QED) is 0.796. The van der Waals surface area contributed by atoms with Gasteiger partial charge >= 0.3 is 0 Å². The summed E-state index contributed by atoms with van der Waals surface area (Å²) in [5.74, 6) is 2.47. The molecule has 0 bridgehead atoms. The molecule has 0 unspecified atom stereocenters. The lowest BCUT2D eigenvalue weighted by molar-refractivity contribution is 0.271. The number of rotatable bonds is 3. The van der Waals surface area contributed by atoms with Gasteiger partial charge in [-0.1, -0.05) is 0 Å². The largest absolute Gasteiger partial charge is 0.370 e. The Morgan fingerprint density at radius 3 is 2.47 bits per heavy atom. The van der Waals surface area contributed by atoms with Crippen LogP contribution < -0.4 is 10.4 Å². The maximum Gasteiger partial charge on any atom is 0.0636 e. The number of nitrogens with one attached hydrogen (secondary N) is 1. The van der Waals surface area contributed by atoms with Gasteiger partial charge in [0.1, 0.15) is 0 Å². The first-order valence-corrected chi connectivity index (χ1v) is 6.27. The number of hydrogen-bond acceptors (Lipinski definition) is 4. The van der Waals surface area contributed by atoms with E-state index in [1.807, 2.05) is 23.9 Å². The molecule has 2 rings (SSSR count). The Labute approximate surface area is 94.8 Å². The standard InChI is InChI=1S/C11H16N2OS/c1-14-12-10-2-4-11(5-3-10)13-6-8-15-9-7-13/h2-5,12H,6-9H2,1H3. The summed E-state index contributed by atoms with van der Waals surface area (Å²) in [6.07, 6.45) is 0. The maximum atomic E-state index is 4.85. The molecule has 1 N–H and O–H groups in total. The van der Waals surface area contributed by atoms with Crippen LogP contribution in [-0.2, 0) is 4.84 Å². The van der Waals surface area contributed by atoms with Crippen molar-refractivity contribution in [3.8, 4) is 0 Å². The number of thioether (sulfide) groups is 1. The molecule has 0 saturated carbocycles. The molecule has 1 fully saturated rings. The minimum atomic E-state index is 0.993. The van der Waals surface area contributed by atoms with Crippen molar-refractivity contribution in [2.45, 2.75) is 0 Å². The van der Waals surface area contributed by atoms with Crippen LogP contribution in [0.15, 0.2) is 24.3 Å². The van der Waals surface area contributed by atoms with E-state index in [0.29, 0.717) is 0 Å². The molecule has 0 radical (unpaired) electrons. The lowest BCUT2D eigenvalue weighted by Crippen LogP contribution is -2.32. The zero-order valence-electron chi connectivity index (χ0n) is 8.90. The first-order valence-electron chi connectivity index (χ1n) is 5.12. The lowest BCUT2D eigenvalue weighted by Gasteiger charge is -2.28. The molecule has 0 spiro atoms. The van der Waals surface area contributed by atoms with E-state index in [-0.39, 0.29) is 0 Å². The van der Waals surface area contributed by atoms with Crippen molar-refractivity contribution in [3.05, 3.63) is 24.3 Å². The molecule has 82 valence electrons. The smallest absolute Gasteiger partial charge is 0.0636 e. The Morgan fingerprint density at radius 1 is 1.20 bits per heavy atom. The monoisotopic (exact) mass is 224 g/mol. The van der Waals surface area contributed by atoms with Crippen LogP contribution in [0.1, 0.15) is 0 Å². The molecular formula is C11H16N2OS. The molecule has 3 nitrogen and oxygen atoms in total. The van der Waals surface area contributed by atoms with Crippen LogP contribution >= 0.6 is 11.8 Å². The second kappa shape index (κ2) is 5.28. The summed E-state index contributed by atoms with van der Waals surface area (Å²) in [4.78, 5) is 7.27.